The van der Waals surface area contributed by atoms with Gasteiger partial charge >= 0.3 is 0 Å². The van der Waals surface area contributed by atoms with Crippen LogP contribution in [0.3, 0.4) is 0 Å². The Bertz CT molecular complexity index is 339. The summed E-state index contributed by atoms with van der Waals surface area (Å²) in [6.07, 6.45) is 0. The summed E-state index contributed by atoms with van der Waals surface area (Å²) in [4.78, 5) is 0. The van der Waals surface area contributed by atoms with Crippen molar-refractivity contribution in [2.24, 2.45) is 5.73 Å². The molecule has 2 rings (SSSR count). The van der Waals surface area contributed by atoms with E-state index in [0.29, 0.717) is 6.04 Å². The predicted octanol–water partition coefficient (Wildman–Crippen LogP) is 1.81. The quantitative estimate of drug-likeness (QED) is 0.811. The second kappa shape index (κ2) is 3.59. The molecule has 1 atom stereocenters. The molecule has 1 unspecified atom stereocenters. The van der Waals surface area contributed by atoms with Crippen LogP contribution in [0.15, 0.2) is 0 Å². The van der Waals surface area contributed by atoms with Crippen LogP contribution in [0.5, 0.6) is 0 Å². The number of rotatable bonds is 2. The van der Waals surface area contributed by atoms with Gasteiger partial charge in [-0.05, 0) is 20.8 Å². The second-order valence-corrected chi connectivity index (χ2v) is 5.08. The fourth-order valence-corrected chi connectivity index (χ4v) is 2.78. The van der Waals surface area contributed by atoms with Crippen molar-refractivity contribution in [3.63, 3.8) is 0 Å². The molecule has 0 aromatic carbocycles. The van der Waals surface area contributed by atoms with Crippen LogP contribution in [-0.2, 0) is 0 Å². The van der Waals surface area contributed by atoms with Crippen molar-refractivity contribution in [3.8, 4) is 0 Å². The molecule has 1 aromatic rings. The third-order valence-electron chi connectivity index (χ3n) is 2.80. The van der Waals surface area contributed by atoms with Crippen molar-refractivity contribution < 1.29 is 0 Å². The van der Waals surface area contributed by atoms with Crippen molar-refractivity contribution in [1.29, 1.82) is 0 Å². The van der Waals surface area contributed by atoms with E-state index in [1.807, 2.05) is 25.6 Å². The zero-order chi connectivity index (χ0) is 10.3. The molecule has 3 nitrogen and oxygen atoms in total. The number of thioether (sulfide) groups is 1. The summed E-state index contributed by atoms with van der Waals surface area (Å²) in [5.41, 5.74) is 9.50. The lowest BCUT2D eigenvalue weighted by Gasteiger charge is -2.26. The zero-order valence-corrected chi connectivity index (χ0v) is 9.77. The molecule has 2 N–H and O–H groups in total. The van der Waals surface area contributed by atoms with Gasteiger partial charge in [-0.25, -0.2) is 0 Å². The van der Waals surface area contributed by atoms with E-state index >= 15 is 0 Å². The Balaban J connectivity index is 2.38. The van der Waals surface area contributed by atoms with E-state index in [0.717, 1.165) is 5.69 Å². The fraction of sp³-hybridized carbons (Fsp3) is 0.700. The highest BCUT2D eigenvalue weighted by Gasteiger charge is 2.25. The highest BCUT2D eigenvalue weighted by molar-refractivity contribution is 8.00. The van der Waals surface area contributed by atoms with Gasteiger partial charge in [0.25, 0.3) is 0 Å². The smallest absolute Gasteiger partial charge is 0.0703 e. The maximum atomic E-state index is 5.93. The van der Waals surface area contributed by atoms with Crippen molar-refractivity contribution in [1.82, 2.24) is 9.78 Å². The Kier molecular flexibility index (Phi) is 2.58. The first kappa shape index (κ1) is 10.1. The van der Waals surface area contributed by atoms with Crippen LogP contribution in [0.2, 0.25) is 0 Å². The molecule has 0 saturated carbocycles. The minimum atomic E-state index is 0.0940. The minimum Gasteiger partial charge on any atom is -0.324 e. The number of nitrogens with two attached hydrogens (primary N) is 1. The van der Waals surface area contributed by atoms with E-state index in [4.69, 9.17) is 5.73 Å². The van der Waals surface area contributed by atoms with Gasteiger partial charge in [-0.3, -0.25) is 4.68 Å². The Morgan fingerprint density at radius 2 is 2.14 bits per heavy atom. The number of hydrogen-bond donors (Lipinski definition) is 1. The lowest BCUT2D eigenvalue weighted by molar-refractivity contribution is 0.510. The fourth-order valence-electron chi connectivity index (χ4n) is 2.05. The SMILES string of the molecule is Cc1nn(C2CSC2)c(C)c1C(C)N. The standard InChI is InChI=1S/C10H17N3S/c1-6(11)10-7(2)12-13(8(10)3)9-4-14-5-9/h6,9H,4-5,11H2,1-3H3. The van der Waals surface area contributed by atoms with E-state index < -0.39 is 0 Å². The summed E-state index contributed by atoms with van der Waals surface area (Å²) in [6, 6.07) is 0.697. The summed E-state index contributed by atoms with van der Waals surface area (Å²) in [5, 5.41) is 4.58. The lowest BCUT2D eigenvalue weighted by atomic mass is 10.1. The molecule has 78 valence electrons. The second-order valence-electron chi connectivity index (χ2n) is 4.01. The topological polar surface area (TPSA) is 43.8 Å². The Hall–Kier alpha value is -0.480. The molecular formula is C10H17N3S. The van der Waals surface area contributed by atoms with E-state index in [9.17, 15) is 0 Å². The normalized spacial score (nSPS) is 19.4. The summed E-state index contributed by atoms with van der Waals surface area (Å²) >= 11 is 1.98. The molecule has 4 heteroatoms. The number of hydrogen-bond acceptors (Lipinski definition) is 3. The van der Waals surface area contributed by atoms with Crippen LogP contribution in [-0.4, -0.2) is 21.3 Å². The minimum absolute atomic E-state index is 0.0940. The first-order valence-electron chi connectivity index (χ1n) is 5.00. The van der Waals surface area contributed by atoms with Gasteiger partial charge in [-0.2, -0.15) is 16.9 Å². The zero-order valence-electron chi connectivity index (χ0n) is 8.95. The van der Waals surface area contributed by atoms with Crippen molar-refractivity contribution >= 4 is 11.8 Å². The highest BCUT2D eigenvalue weighted by atomic mass is 32.2. The van der Waals surface area contributed by atoms with E-state index in [-0.39, 0.29) is 6.04 Å². The van der Waals surface area contributed by atoms with Crippen molar-refractivity contribution in [2.45, 2.75) is 32.9 Å². The van der Waals surface area contributed by atoms with Gasteiger partial charge in [-0.1, -0.05) is 0 Å². The molecule has 0 bridgehead atoms. The van der Waals surface area contributed by atoms with Crippen LogP contribution in [0.25, 0.3) is 0 Å². The maximum Gasteiger partial charge on any atom is 0.0703 e. The van der Waals surface area contributed by atoms with Gasteiger partial charge in [0.15, 0.2) is 0 Å². The number of aryl methyl sites for hydroxylation is 1. The molecule has 1 aromatic heterocycles. The maximum absolute atomic E-state index is 5.93. The molecule has 0 aliphatic carbocycles. The molecule has 0 amide bonds. The largest absolute Gasteiger partial charge is 0.324 e. The van der Waals surface area contributed by atoms with Crippen LogP contribution in [0, 0.1) is 13.8 Å². The lowest BCUT2D eigenvalue weighted by Crippen LogP contribution is -2.25. The molecule has 0 radical (unpaired) electrons. The highest BCUT2D eigenvalue weighted by Crippen LogP contribution is 2.32. The van der Waals surface area contributed by atoms with E-state index in [2.05, 4.69) is 16.7 Å². The molecule has 0 spiro atoms. The molecule has 1 aliphatic rings. The summed E-state index contributed by atoms with van der Waals surface area (Å²) in [5.74, 6) is 2.39. The van der Waals surface area contributed by atoms with Gasteiger partial charge in [0.05, 0.1) is 11.7 Å². The Labute approximate surface area is 89.1 Å². The number of aromatic nitrogens is 2. The molecule has 1 aliphatic heterocycles. The summed E-state index contributed by atoms with van der Waals surface area (Å²) < 4.78 is 2.16. The van der Waals surface area contributed by atoms with Crippen molar-refractivity contribution in [3.05, 3.63) is 17.0 Å². The average molecular weight is 211 g/mol. The molecule has 14 heavy (non-hydrogen) atoms. The van der Waals surface area contributed by atoms with Gasteiger partial charge in [0, 0.05) is 28.8 Å². The van der Waals surface area contributed by atoms with Gasteiger partial charge in [-0.15, -0.1) is 0 Å². The van der Waals surface area contributed by atoms with Crippen LogP contribution >= 0.6 is 11.8 Å². The molecule has 1 fully saturated rings. The van der Waals surface area contributed by atoms with Gasteiger partial charge < -0.3 is 5.73 Å². The Morgan fingerprint density at radius 1 is 1.50 bits per heavy atom. The third kappa shape index (κ3) is 1.46. The first-order valence-corrected chi connectivity index (χ1v) is 6.15. The monoisotopic (exact) mass is 211 g/mol. The van der Waals surface area contributed by atoms with Gasteiger partial charge in [0.1, 0.15) is 0 Å². The van der Waals surface area contributed by atoms with Crippen molar-refractivity contribution in [2.75, 3.05) is 11.5 Å². The predicted molar refractivity (Wildman–Crippen MR) is 60.7 cm³/mol. The average Bonchev–Trinajstić information content (AvgIpc) is 2.23. The van der Waals surface area contributed by atoms with Crippen LogP contribution in [0.1, 0.15) is 36.0 Å². The van der Waals surface area contributed by atoms with E-state index in [1.54, 1.807) is 0 Å². The van der Waals surface area contributed by atoms with Gasteiger partial charge in [0.2, 0.25) is 0 Å². The summed E-state index contributed by atoms with van der Waals surface area (Å²) in [6.45, 7) is 6.20. The Morgan fingerprint density at radius 3 is 2.50 bits per heavy atom. The first-order chi connectivity index (χ1) is 6.61. The number of nitrogens with zero attached hydrogens (tertiary/aromatic N) is 2. The molecular weight excluding hydrogens is 194 g/mol. The van der Waals surface area contributed by atoms with Crippen LogP contribution < -0.4 is 5.73 Å². The molecule has 1 saturated heterocycles. The van der Waals surface area contributed by atoms with E-state index in [1.165, 1.54) is 22.8 Å². The third-order valence-corrected chi connectivity index (χ3v) is 4.04. The molecule has 2 heterocycles. The summed E-state index contributed by atoms with van der Waals surface area (Å²) in [7, 11) is 0. The van der Waals surface area contributed by atoms with Crippen LogP contribution in [0.4, 0.5) is 0 Å².